The van der Waals surface area contributed by atoms with Gasteiger partial charge in [-0.2, -0.15) is 0 Å². The Hall–Kier alpha value is -1.51. The van der Waals surface area contributed by atoms with Gasteiger partial charge in [-0.15, -0.1) is 0 Å². The number of carbonyl (C=O) groups is 1. The van der Waals surface area contributed by atoms with Crippen LogP contribution in [0.25, 0.3) is 0 Å². The predicted octanol–water partition coefficient (Wildman–Crippen LogP) is 3.38. The highest BCUT2D eigenvalue weighted by molar-refractivity contribution is 5.81. The number of rotatable bonds is 7. The third kappa shape index (κ3) is 4.93. The number of amides is 1. The number of carbonyl (C=O) groups excluding carboxylic acids is 1. The summed E-state index contributed by atoms with van der Waals surface area (Å²) in [5.41, 5.74) is 2.27. The molecule has 0 saturated carbocycles. The Morgan fingerprint density at radius 2 is 2.05 bits per heavy atom. The van der Waals surface area contributed by atoms with Crippen molar-refractivity contribution < 1.29 is 9.53 Å². The molecule has 0 saturated heterocycles. The molecule has 0 aromatic heterocycles. The summed E-state index contributed by atoms with van der Waals surface area (Å²) >= 11 is 0. The van der Waals surface area contributed by atoms with Crippen molar-refractivity contribution in [2.24, 2.45) is 0 Å². The van der Waals surface area contributed by atoms with Gasteiger partial charge in [0.1, 0.15) is 5.75 Å². The Labute approximate surface area is 116 Å². The minimum absolute atomic E-state index is 0.0177. The molecule has 0 aliphatic heterocycles. The van der Waals surface area contributed by atoms with Gasteiger partial charge in [0.05, 0.1) is 0 Å². The molecule has 1 unspecified atom stereocenters. The Bertz CT molecular complexity index is 415. The fourth-order valence-corrected chi connectivity index (χ4v) is 1.91. The smallest absolute Gasteiger partial charge is 0.261 e. The van der Waals surface area contributed by atoms with Crippen LogP contribution in [0.3, 0.4) is 0 Å². The van der Waals surface area contributed by atoms with Gasteiger partial charge in [-0.1, -0.05) is 38.0 Å². The molecular weight excluding hydrogens is 238 g/mol. The molecule has 1 atom stereocenters. The maximum atomic E-state index is 12.0. The number of hydrogen-bond acceptors (Lipinski definition) is 2. The van der Waals surface area contributed by atoms with Gasteiger partial charge in [0.2, 0.25) is 0 Å². The van der Waals surface area contributed by atoms with Crippen molar-refractivity contribution in [3.05, 3.63) is 29.3 Å². The van der Waals surface area contributed by atoms with E-state index in [1.165, 1.54) is 5.56 Å². The average molecular weight is 263 g/mol. The number of ether oxygens (including phenoxy) is 1. The lowest BCUT2D eigenvalue weighted by Crippen LogP contribution is -2.38. The van der Waals surface area contributed by atoms with Crippen molar-refractivity contribution in [2.75, 3.05) is 6.54 Å². The molecule has 0 radical (unpaired) electrons. The summed E-state index contributed by atoms with van der Waals surface area (Å²) in [4.78, 5) is 12.0. The van der Waals surface area contributed by atoms with E-state index in [0.29, 0.717) is 6.42 Å². The van der Waals surface area contributed by atoms with Gasteiger partial charge >= 0.3 is 0 Å². The molecule has 1 N–H and O–H groups in total. The molecule has 0 spiro atoms. The second-order valence-corrected chi connectivity index (χ2v) is 4.93. The van der Waals surface area contributed by atoms with Crippen LogP contribution in [0.4, 0.5) is 0 Å². The van der Waals surface area contributed by atoms with Gasteiger partial charge in [0.15, 0.2) is 6.10 Å². The molecule has 0 heterocycles. The third-order valence-corrected chi connectivity index (χ3v) is 3.09. The first-order valence-electron chi connectivity index (χ1n) is 7.10. The van der Waals surface area contributed by atoms with Crippen LogP contribution in [0, 0.1) is 13.8 Å². The van der Waals surface area contributed by atoms with E-state index in [1.54, 1.807) is 0 Å². The maximum Gasteiger partial charge on any atom is 0.261 e. The van der Waals surface area contributed by atoms with Crippen LogP contribution in [-0.2, 0) is 4.79 Å². The summed E-state index contributed by atoms with van der Waals surface area (Å²) in [5.74, 6) is 0.777. The third-order valence-electron chi connectivity index (χ3n) is 3.09. The van der Waals surface area contributed by atoms with E-state index < -0.39 is 6.10 Å². The monoisotopic (exact) mass is 263 g/mol. The molecule has 0 aliphatic carbocycles. The fourth-order valence-electron chi connectivity index (χ4n) is 1.91. The Morgan fingerprint density at radius 3 is 2.63 bits per heavy atom. The number of hydrogen-bond donors (Lipinski definition) is 1. The average Bonchev–Trinajstić information content (AvgIpc) is 2.38. The summed E-state index contributed by atoms with van der Waals surface area (Å²) in [6.45, 7) is 8.85. The first kappa shape index (κ1) is 15.5. The first-order valence-corrected chi connectivity index (χ1v) is 7.10. The van der Waals surface area contributed by atoms with E-state index >= 15 is 0 Å². The molecular formula is C16H25NO2. The molecule has 3 nitrogen and oxygen atoms in total. The molecule has 0 fully saturated rings. The van der Waals surface area contributed by atoms with Crippen LogP contribution in [0.15, 0.2) is 18.2 Å². The van der Waals surface area contributed by atoms with E-state index in [1.807, 2.05) is 32.9 Å². The second kappa shape index (κ2) is 7.82. The Balaban J connectivity index is 2.62. The van der Waals surface area contributed by atoms with Crippen LogP contribution in [0.1, 0.15) is 44.2 Å². The molecule has 0 bridgehead atoms. The second-order valence-electron chi connectivity index (χ2n) is 4.93. The topological polar surface area (TPSA) is 38.3 Å². The summed E-state index contributed by atoms with van der Waals surface area (Å²) in [5, 5.41) is 2.92. The molecule has 106 valence electrons. The van der Waals surface area contributed by atoms with Gasteiger partial charge < -0.3 is 10.1 Å². The van der Waals surface area contributed by atoms with Gasteiger partial charge in [-0.3, -0.25) is 4.79 Å². The summed E-state index contributed by atoms with van der Waals surface area (Å²) < 4.78 is 5.83. The number of benzene rings is 1. The molecule has 1 aromatic rings. The van der Waals surface area contributed by atoms with E-state index in [4.69, 9.17) is 4.74 Å². The van der Waals surface area contributed by atoms with Gasteiger partial charge in [-0.25, -0.2) is 0 Å². The van der Waals surface area contributed by atoms with Crippen LogP contribution in [0.2, 0.25) is 0 Å². The highest BCUT2D eigenvalue weighted by atomic mass is 16.5. The van der Waals surface area contributed by atoms with E-state index in [9.17, 15) is 4.79 Å². The van der Waals surface area contributed by atoms with Crippen molar-refractivity contribution in [1.29, 1.82) is 0 Å². The largest absolute Gasteiger partial charge is 0.480 e. The summed E-state index contributed by atoms with van der Waals surface area (Å²) in [6, 6.07) is 6.01. The lowest BCUT2D eigenvalue weighted by Gasteiger charge is -2.18. The van der Waals surface area contributed by atoms with Crippen LogP contribution < -0.4 is 10.1 Å². The molecule has 1 rings (SSSR count). The van der Waals surface area contributed by atoms with Crippen molar-refractivity contribution in [2.45, 2.75) is 53.1 Å². The highest BCUT2D eigenvalue weighted by Gasteiger charge is 2.18. The number of nitrogens with one attached hydrogen (secondary N) is 1. The molecule has 19 heavy (non-hydrogen) atoms. The maximum absolute atomic E-state index is 12.0. The Kier molecular flexibility index (Phi) is 6.40. The minimum atomic E-state index is -0.404. The highest BCUT2D eigenvalue weighted by Crippen LogP contribution is 2.20. The van der Waals surface area contributed by atoms with Crippen molar-refractivity contribution in [3.8, 4) is 5.75 Å². The predicted molar refractivity (Wildman–Crippen MR) is 78.5 cm³/mol. The molecule has 3 heteroatoms. The van der Waals surface area contributed by atoms with E-state index in [0.717, 1.165) is 30.7 Å². The SMILES string of the molecule is CCCCNC(=O)C(CC)Oc1ccc(C)cc1C. The molecule has 1 aromatic carbocycles. The van der Waals surface area contributed by atoms with Gasteiger partial charge in [0.25, 0.3) is 5.91 Å². The summed E-state index contributed by atoms with van der Waals surface area (Å²) in [7, 11) is 0. The van der Waals surface area contributed by atoms with Crippen molar-refractivity contribution >= 4 is 5.91 Å². The molecule has 0 aliphatic rings. The van der Waals surface area contributed by atoms with Crippen molar-refractivity contribution in [1.82, 2.24) is 5.32 Å². The lowest BCUT2D eigenvalue weighted by atomic mass is 10.1. The quantitative estimate of drug-likeness (QED) is 0.766. The number of aryl methyl sites for hydroxylation is 2. The number of unbranched alkanes of at least 4 members (excludes halogenated alkanes) is 1. The fraction of sp³-hybridized carbons (Fsp3) is 0.562. The van der Waals surface area contributed by atoms with Crippen LogP contribution in [-0.4, -0.2) is 18.6 Å². The summed E-state index contributed by atoms with van der Waals surface area (Å²) in [6.07, 6.45) is 2.35. The normalized spacial score (nSPS) is 12.0. The van der Waals surface area contributed by atoms with Gasteiger partial charge in [0, 0.05) is 6.54 Å². The molecule has 1 amide bonds. The minimum Gasteiger partial charge on any atom is -0.480 e. The standard InChI is InChI=1S/C16H25NO2/c1-5-7-10-17-16(18)14(6-2)19-15-9-8-12(3)11-13(15)4/h8-9,11,14H,5-7,10H2,1-4H3,(H,17,18). The van der Waals surface area contributed by atoms with E-state index in [-0.39, 0.29) is 5.91 Å². The Morgan fingerprint density at radius 1 is 1.32 bits per heavy atom. The first-order chi connectivity index (χ1) is 9.08. The zero-order chi connectivity index (χ0) is 14.3. The van der Waals surface area contributed by atoms with Gasteiger partial charge in [-0.05, 0) is 38.3 Å². The van der Waals surface area contributed by atoms with E-state index in [2.05, 4.69) is 18.3 Å². The van der Waals surface area contributed by atoms with Crippen LogP contribution in [0.5, 0.6) is 5.75 Å². The van der Waals surface area contributed by atoms with Crippen LogP contribution >= 0.6 is 0 Å². The lowest BCUT2D eigenvalue weighted by molar-refractivity contribution is -0.128. The zero-order valence-electron chi connectivity index (χ0n) is 12.5. The zero-order valence-corrected chi connectivity index (χ0v) is 12.5. The van der Waals surface area contributed by atoms with Crippen molar-refractivity contribution in [3.63, 3.8) is 0 Å².